The fraction of sp³-hybridized carbons (Fsp3) is 0.207. The van der Waals surface area contributed by atoms with Gasteiger partial charge in [0, 0.05) is 11.1 Å². The van der Waals surface area contributed by atoms with Crippen LogP contribution in [0.2, 0.25) is 0 Å². The van der Waals surface area contributed by atoms with E-state index in [1.165, 1.54) is 11.1 Å². The Kier molecular flexibility index (Phi) is 8.55. The highest BCUT2D eigenvalue weighted by Crippen LogP contribution is 2.34. The first kappa shape index (κ1) is 23.1. The van der Waals surface area contributed by atoms with Gasteiger partial charge in [-0.2, -0.15) is 0 Å². The van der Waals surface area contributed by atoms with E-state index in [-0.39, 0.29) is 5.78 Å². The van der Waals surface area contributed by atoms with Gasteiger partial charge < -0.3 is 0 Å². The van der Waals surface area contributed by atoms with Crippen molar-refractivity contribution in [1.82, 2.24) is 0 Å². The quantitative estimate of drug-likeness (QED) is 0.363. The van der Waals surface area contributed by atoms with Gasteiger partial charge in [0.25, 0.3) is 0 Å². The average Bonchev–Trinajstić information content (AvgIpc) is 2.78. The topological polar surface area (TPSA) is 17.1 Å². The third-order valence-corrected chi connectivity index (χ3v) is 5.23. The van der Waals surface area contributed by atoms with Crippen molar-refractivity contribution in [2.45, 2.75) is 40.5 Å². The summed E-state index contributed by atoms with van der Waals surface area (Å²) in [7, 11) is 0. The molecule has 3 rings (SSSR count). The molecule has 0 atom stereocenters. The van der Waals surface area contributed by atoms with Crippen LogP contribution in [0.3, 0.4) is 0 Å². The first-order valence-corrected chi connectivity index (χ1v) is 10.4. The van der Waals surface area contributed by atoms with Crippen LogP contribution in [0.25, 0.3) is 5.57 Å². The highest BCUT2D eigenvalue weighted by molar-refractivity contribution is 6.19. The van der Waals surface area contributed by atoms with Gasteiger partial charge in [0.2, 0.25) is 0 Å². The number of benzene rings is 2. The normalized spacial score (nSPS) is 13.8. The summed E-state index contributed by atoms with van der Waals surface area (Å²) in [6, 6.07) is 18.8. The van der Waals surface area contributed by atoms with Crippen LogP contribution in [0.15, 0.2) is 108 Å². The number of ketones is 1. The van der Waals surface area contributed by atoms with Crippen LogP contribution in [-0.4, -0.2) is 5.78 Å². The van der Waals surface area contributed by atoms with Crippen molar-refractivity contribution in [3.05, 3.63) is 125 Å². The predicted octanol–water partition coefficient (Wildman–Crippen LogP) is 7.61. The summed E-state index contributed by atoms with van der Waals surface area (Å²) < 4.78 is 0. The molecule has 0 saturated carbocycles. The summed E-state index contributed by atoms with van der Waals surface area (Å²) in [5.41, 5.74) is 8.41. The molecule has 0 unspecified atom stereocenters. The third-order valence-electron chi connectivity index (χ3n) is 5.23. The Morgan fingerprint density at radius 3 is 2.13 bits per heavy atom. The summed E-state index contributed by atoms with van der Waals surface area (Å²) in [4.78, 5) is 11.6. The molecule has 0 aliphatic heterocycles. The average molecular weight is 397 g/mol. The number of hydrogen-bond donors (Lipinski definition) is 0. The number of allylic oxidation sites excluding steroid dienone is 8. The number of Topliss-reactive ketones (excluding diaryl/α,β-unsaturated/α-hetero) is 1. The van der Waals surface area contributed by atoms with E-state index in [1.54, 1.807) is 0 Å². The Labute approximate surface area is 181 Å². The molecule has 1 aliphatic rings. The van der Waals surface area contributed by atoms with Gasteiger partial charge in [0.15, 0.2) is 5.78 Å². The summed E-state index contributed by atoms with van der Waals surface area (Å²) in [6.07, 6.45) is 8.02. The molecule has 0 fully saturated rings. The fourth-order valence-electron chi connectivity index (χ4n) is 3.27. The molecule has 0 amide bonds. The lowest BCUT2D eigenvalue weighted by molar-refractivity contribution is -0.113. The molecule has 1 nitrogen and oxygen atoms in total. The minimum atomic E-state index is 0.0900. The van der Waals surface area contributed by atoms with Crippen LogP contribution in [0, 0.1) is 6.92 Å². The van der Waals surface area contributed by atoms with Gasteiger partial charge in [0.1, 0.15) is 0 Å². The Bertz CT molecular complexity index is 996. The van der Waals surface area contributed by atoms with E-state index in [9.17, 15) is 4.79 Å². The van der Waals surface area contributed by atoms with E-state index in [4.69, 9.17) is 0 Å². The zero-order valence-corrected chi connectivity index (χ0v) is 18.7. The number of carbonyl (C=O) groups is 1. The molecule has 0 radical (unpaired) electrons. The molecule has 0 N–H and O–H groups in total. The van der Waals surface area contributed by atoms with Gasteiger partial charge in [-0.1, -0.05) is 98.5 Å². The van der Waals surface area contributed by atoms with Crippen LogP contribution in [0.1, 0.15) is 43.9 Å². The Morgan fingerprint density at radius 2 is 1.63 bits per heavy atom. The zero-order chi connectivity index (χ0) is 22.1. The highest BCUT2D eigenvalue weighted by atomic mass is 16.1. The largest absolute Gasteiger partial charge is 0.289 e. The summed E-state index contributed by atoms with van der Waals surface area (Å²) in [5, 5.41) is 0. The minimum absolute atomic E-state index is 0.0900. The second-order valence-corrected chi connectivity index (χ2v) is 7.54. The summed E-state index contributed by atoms with van der Waals surface area (Å²) in [6.45, 7) is 16.1. The van der Waals surface area contributed by atoms with E-state index < -0.39 is 0 Å². The third kappa shape index (κ3) is 6.15. The van der Waals surface area contributed by atoms with Gasteiger partial charge in [-0.25, -0.2) is 0 Å². The molecule has 1 heteroatoms. The second kappa shape index (κ2) is 11.1. The lowest BCUT2D eigenvalue weighted by Crippen LogP contribution is -2.19. The van der Waals surface area contributed by atoms with Gasteiger partial charge in [-0.3, -0.25) is 4.79 Å². The summed E-state index contributed by atoms with van der Waals surface area (Å²) >= 11 is 0. The maximum Gasteiger partial charge on any atom is 0.188 e. The molecule has 154 valence electrons. The predicted molar refractivity (Wildman–Crippen MR) is 130 cm³/mol. The molecule has 0 saturated heterocycles. The number of carbonyl (C=O) groups excluding carboxylic acids is 1. The maximum atomic E-state index is 11.6. The van der Waals surface area contributed by atoms with E-state index in [1.807, 2.05) is 26.0 Å². The van der Waals surface area contributed by atoms with Crippen molar-refractivity contribution in [1.29, 1.82) is 0 Å². The van der Waals surface area contributed by atoms with Crippen LogP contribution in [-0.2, 0) is 11.2 Å². The zero-order valence-electron chi connectivity index (χ0n) is 18.7. The van der Waals surface area contributed by atoms with Crippen LogP contribution in [0.4, 0.5) is 0 Å². The summed E-state index contributed by atoms with van der Waals surface area (Å²) in [5.74, 6) is 0.0900. The first-order chi connectivity index (χ1) is 14.4. The first-order valence-electron chi connectivity index (χ1n) is 10.4. The van der Waals surface area contributed by atoms with Gasteiger partial charge >= 0.3 is 0 Å². The standard InChI is InChI=1S/C21H22O.C8H10/c1-6-7-18(13-20-16(4)21(22)17(20)5)12-15(3)19-10-8-14(2)9-11-19;1-2-8-6-4-3-5-7-8/h6-12H,3-4,13H2,1-2,5H3;3-7H,2H2,1H3/b7-6-,18-12+;. The van der Waals surface area contributed by atoms with E-state index >= 15 is 0 Å². The molecule has 2 aromatic carbocycles. The van der Waals surface area contributed by atoms with Gasteiger partial charge in [-0.15, -0.1) is 0 Å². The van der Waals surface area contributed by atoms with Crippen LogP contribution < -0.4 is 0 Å². The number of aryl methyl sites for hydroxylation is 2. The molecule has 30 heavy (non-hydrogen) atoms. The van der Waals surface area contributed by atoms with Gasteiger partial charge in [-0.05, 0) is 61.5 Å². The molecule has 0 aromatic heterocycles. The molecular weight excluding hydrogens is 364 g/mol. The lowest BCUT2D eigenvalue weighted by atomic mass is 9.79. The van der Waals surface area contributed by atoms with Crippen molar-refractivity contribution >= 4 is 11.4 Å². The Balaban J connectivity index is 0.000000335. The van der Waals surface area contributed by atoms with Crippen molar-refractivity contribution in [2.24, 2.45) is 0 Å². The fourth-order valence-corrected chi connectivity index (χ4v) is 3.27. The van der Waals surface area contributed by atoms with Crippen LogP contribution >= 0.6 is 0 Å². The molecule has 0 spiro atoms. The van der Waals surface area contributed by atoms with Crippen molar-refractivity contribution in [3.63, 3.8) is 0 Å². The maximum absolute atomic E-state index is 11.6. The molecule has 1 aliphatic carbocycles. The van der Waals surface area contributed by atoms with Crippen LogP contribution in [0.5, 0.6) is 0 Å². The minimum Gasteiger partial charge on any atom is -0.289 e. The van der Waals surface area contributed by atoms with Crippen molar-refractivity contribution in [2.75, 3.05) is 0 Å². The smallest absolute Gasteiger partial charge is 0.188 e. The monoisotopic (exact) mass is 396 g/mol. The number of rotatable bonds is 6. The Morgan fingerprint density at radius 1 is 1.00 bits per heavy atom. The highest BCUT2D eigenvalue weighted by Gasteiger charge is 2.27. The van der Waals surface area contributed by atoms with Crippen molar-refractivity contribution < 1.29 is 4.79 Å². The van der Waals surface area contributed by atoms with E-state index in [0.717, 1.165) is 40.7 Å². The lowest BCUT2D eigenvalue weighted by Gasteiger charge is -2.23. The van der Waals surface area contributed by atoms with Crippen molar-refractivity contribution in [3.8, 4) is 0 Å². The molecule has 0 heterocycles. The molecule has 0 bridgehead atoms. The van der Waals surface area contributed by atoms with Gasteiger partial charge in [0.05, 0.1) is 0 Å². The molecule has 2 aromatic rings. The molecular formula is C29H32O. The van der Waals surface area contributed by atoms with E-state index in [0.29, 0.717) is 5.57 Å². The van der Waals surface area contributed by atoms with E-state index in [2.05, 4.69) is 87.7 Å². The number of hydrogen-bond acceptors (Lipinski definition) is 1. The Hall–Kier alpha value is -3.19. The SMILES string of the molecule is C=C1C(=O)C(C)=C1CC(/C=C\C)=C/C(=C)c1ccc(C)cc1.CCc1ccccc1. The second-order valence-electron chi connectivity index (χ2n) is 7.54.